The van der Waals surface area contributed by atoms with Crippen molar-refractivity contribution in [2.75, 3.05) is 12.4 Å². The second-order valence-electron chi connectivity index (χ2n) is 4.05. The molecule has 0 aliphatic carbocycles. The van der Waals surface area contributed by atoms with Crippen molar-refractivity contribution in [3.63, 3.8) is 0 Å². The van der Waals surface area contributed by atoms with E-state index in [0.717, 1.165) is 11.4 Å². The monoisotopic (exact) mass is 289 g/mol. The zero-order chi connectivity index (χ0) is 14.5. The van der Waals surface area contributed by atoms with Gasteiger partial charge >= 0.3 is 5.97 Å². The first-order valence-corrected chi connectivity index (χ1v) is 6.21. The van der Waals surface area contributed by atoms with Crippen LogP contribution in [0.3, 0.4) is 0 Å². The molecular weight excluding hydrogens is 278 g/mol. The predicted octanol–water partition coefficient (Wildman–Crippen LogP) is 2.94. The maximum absolute atomic E-state index is 11.3. The number of ether oxygens (including phenoxy) is 1. The first-order valence-electron chi connectivity index (χ1n) is 5.83. The fourth-order valence-electron chi connectivity index (χ4n) is 1.69. The summed E-state index contributed by atoms with van der Waals surface area (Å²) in [6.07, 6.45) is 0. The van der Waals surface area contributed by atoms with Gasteiger partial charge < -0.3 is 15.0 Å². The first kappa shape index (κ1) is 14.0. The van der Waals surface area contributed by atoms with Gasteiger partial charge in [-0.1, -0.05) is 11.6 Å². The first-order chi connectivity index (χ1) is 9.63. The molecule has 0 radical (unpaired) electrons. The summed E-state index contributed by atoms with van der Waals surface area (Å²) in [6, 6.07) is 10.6. The molecule has 102 valence electrons. The van der Waals surface area contributed by atoms with Crippen LogP contribution in [0.1, 0.15) is 21.7 Å². The van der Waals surface area contributed by atoms with Crippen molar-refractivity contribution in [1.29, 1.82) is 5.26 Å². The van der Waals surface area contributed by atoms with Gasteiger partial charge in [-0.05, 0) is 30.3 Å². The average Bonchev–Trinajstić information content (AvgIpc) is 2.94. The normalized spacial score (nSPS) is 9.85. The van der Waals surface area contributed by atoms with Crippen LogP contribution in [0.4, 0.5) is 5.69 Å². The number of hydrogen-bond donors (Lipinski definition) is 2. The molecule has 20 heavy (non-hydrogen) atoms. The molecule has 0 saturated heterocycles. The number of hydrogen-bond acceptors (Lipinski definition) is 4. The number of anilines is 1. The Morgan fingerprint density at radius 2 is 2.25 bits per heavy atom. The maximum Gasteiger partial charge on any atom is 0.354 e. The highest BCUT2D eigenvalue weighted by Crippen LogP contribution is 2.20. The number of nitrogens with zero attached hydrogens (tertiary/aromatic N) is 1. The van der Waals surface area contributed by atoms with Crippen molar-refractivity contribution in [3.05, 3.63) is 52.3 Å². The van der Waals surface area contributed by atoms with E-state index in [1.54, 1.807) is 30.3 Å². The van der Waals surface area contributed by atoms with E-state index >= 15 is 0 Å². The minimum absolute atomic E-state index is 0.401. The lowest BCUT2D eigenvalue weighted by atomic mass is 10.2. The highest BCUT2D eigenvalue weighted by Gasteiger charge is 2.08. The molecule has 0 unspecified atom stereocenters. The lowest BCUT2D eigenvalue weighted by Gasteiger charge is -2.06. The SMILES string of the molecule is COC(=O)c1ccc(CNc2ccc(Cl)c(C#N)c2)[nH]1. The second-order valence-corrected chi connectivity index (χ2v) is 4.46. The van der Waals surface area contributed by atoms with E-state index < -0.39 is 5.97 Å². The van der Waals surface area contributed by atoms with Crippen LogP contribution in [0, 0.1) is 11.3 Å². The van der Waals surface area contributed by atoms with E-state index in [4.69, 9.17) is 16.9 Å². The van der Waals surface area contributed by atoms with Gasteiger partial charge in [0.05, 0.1) is 24.2 Å². The van der Waals surface area contributed by atoms with Crippen molar-refractivity contribution in [1.82, 2.24) is 4.98 Å². The number of carbonyl (C=O) groups excluding carboxylic acids is 1. The van der Waals surface area contributed by atoms with E-state index in [9.17, 15) is 4.79 Å². The summed E-state index contributed by atoms with van der Waals surface area (Å²) in [5.74, 6) is -0.408. The Bertz CT molecular complexity index is 673. The van der Waals surface area contributed by atoms with Crippen LogP contribution in [-0.4, -0.2) is 18.1 Å². The molecule has 6 heteroatoms. The number of esters is 1. The molecule has 2 aromatic rings. The fourth-order valence-corrected chi connectivity index (χ4v) is 1.85. The quantitative estimate of drug-likeness (QED) is 0.848. The number of aromatic amines is 1. The minimum Gasteiger partial charge on any atom is -0.464 e. The number of nitrogens with one attached hydrogen (secondary N) is 2. The van der Waals surface area contributed by atoms with Gasteiger partial charge in [-0.3, -0.25) is 0 Å². The van der Waals surface area contributed by atoms with Gasteiger partial charge in [0.15, 0.2) is 0 Å². The topological polar surface area (TPSA) is 77.9 Å². The highest BCUT2D eigenvalue weighted by atomic mass is 35.5. The number of rotatable bonds is 4. The lowest BCUT2D eigenvalue weighted by Crippen LogP contribution is -2.03. The summed E-state index contributed by atoms with van der Waals surface area (Å²) in [7, 11) is 1.33. The zero-order valence-electron chi connectivity index (χ0n) is 10.7. The van der Waals surface area contributed by atoms with Crippen LogP contribution in [0.25, 0.3) is 0 Å². The molecule has 0 aliphatic rings. The number of H-pyrrole nitrogens is 1. The third-order valence-corrected chi connectivity index (χ3v) is 3.05. The van der Waals surface area contributed by atoms with Crippen molar-refractivity contribution in [2.45, 2.75) is 6.54 Å². The van der Waals surface area contributed by atoms with Gasteiger partial charge in [-0.15, -0.1) is 0 Å². The number of halogens is 1. The molecule has 0 aliphatic heterocycles. The standard InChI is InChI=1S/C14H12ClN3O2/c1-20-14(19)13-5-3-11(18-13)8-17-10-2-4-12(15)9(6-10)7-16/h2-6,17-18H,8H2,1H3. The third kappa shape index (κ3) is 3.11. The Labute approximate surface area is 121 Å². The molecular formula is C14H12ClN3O2. The van der Waals surface area contributed by atoms with Gasteiger partial charge in [0.2, 0.25) is 0 Å². The molecule has 1 aromatic carbocycles. The van der Waals surface area contributed by atoms with E-state index in [2.05, 4.69) is 15.0 Å². The van der Waals surface area contributed by atoms with Crippen LogP contribution in [0.2, 0.25) is 5.02 Å². The Morgan fingerprint density at radius 3 is 2.95 bits per heavy atom. The van der Waals surface area contributed by atoms with Crippen molar-refractivity contribution in [3.8, 4) is 6.07 Å². The maximum atomic E-state index is 11.3. The Hall–Kier alpha value is -2.45. The molecule has 0 bridgehead atoms. The van der Waals surface area contributed by atoms with E-state index in [0.29, 0.717) is 22.8 Å². The number of benzene rings is 1. The summed E-state index contributed by atoms with van der Waals surface area (Å²) < 4.78 is 4.61. The van der Waals surface area contributed by atoms with Crippen LogP contribution in [-0.2, 0) is 11.3 Å². The van der Waals surface area contributed by atoms with E-state index in [1.807, 2.05) is 6.07 Å². The Kier molecular flexibility index (Phi) is 4.28. The molecule has 1 aromatic heterocycles. The third-order valence-electron chi connectivity index (χ3n) is 2.72. The molecule has 0 spiro atoms. The van der Waals surface area contributed by atoms with Crippen molar-refractivity contribution >= 4 is 23.3 Å². The van der Waals surface area contributed by atoms with Crippen LogP contribution in [0.5, 0.6) is 0 Å². The summed E-state index contributed by atoms with van der Waals surface area (Å²) in [4.78, 5) is 14.2. The number of carbonyl (C=O) groups is 1. The zero-order valence-corrected chi connectivity index (χ0v) is 11.5. The lowest BCUT2D eigenvalue weighted by molar-refractivity contribution is 0.0594. The Morgan fingerprint density at radius 1 is 1.45 bits per heavy atom. The summed E-state index contributed by atoms with van der Waals surface area (Å²) in [5.41, 5.74) is 2.43. The van der Waals surface area contributed by atoms with Gasteiger partial charge in [-0.2, -0.15) is 5.26 Å². The largest absolute Gasteiger partial charge is 0.464 e. The number of nitriles is 1. The molecule has 0 amide bonds. The van der Waals surface area contributed by atoms with Crippen molar-refractivity contribution in [2.24, 2.45) is 0 Å². The average molecular weight is 290 g/mol. The molecule has 1 heterocycles. The Balaban J connectivity index is 2.04. The molecule has 2 N–H and O–H groups in total. The van der Waals surface area contributed by atoms with E-state index in [1.165, 1.54) is 7.11 Å². The van der Waals surface area contributed by atoms with Crippen LogP contribution >= 0.6 is 11.6 Å². The van der Waals surface area contributed by atoms with Gasteiger partial charge in [-0.25, -0.2) is 4.79 Å². The minimum atomic E-state index is -0.408. The summed E-state index contributed by atoms with van der Waals surface area (Å²) >= 11 is 5.86. The van der Waals surface area contributed by atoms with Crippen molar-refractivity contribution < 1.29 is 9.53 Å². The summed E-state index contributed by atoms with van der Waals surface area (Å²) in [6.45, 7) is 0.490. The number of aromatic nitrogens is 1. The molecule has 0 fully saturated rings. The molecule has 0 saturated carbocycles. The predicted molar refractivity (Wildman–Crippen MR) is 75.6 cm³/mol. The molecule has 2 rings (SSSR count). The van der Waals surface area contributed by atoms with Gasteiger partial charge in [0.25, 0.3) is 0 Å². The molecule has 0 atom stereocenters. The van der Waals surface area contributed by atoms with Crippen LogP contribution < -0.4 is 5.32 Å². The van der Waals surface area contributed by atoms with Gasteiger partial charge in [0, 0.05) is 11.4 Å². The number of methoxy groups -OCH3 is 1. The second kappa shape index (κ2) is 6.13. The molecule has 5 nitrogen and oxygen atoms in total. The highest BCUT2D eigenvalue weighted by molar-refractivity contribution is 6.31. The van der Waals surface area contributed by atoms with E-state index in [-0.39, 0.29) is 0 Å². The fraction of sp³-hybridized carbons (Fsp3) is 0.143. The van der Waals surface area contributed by atoms with Crippen LogP contribution in [0.15, 0.2) is 30.3 Å². The summed E-state index contributed by atoms with van der Waals surface area (Å²) in [5, 5.41) is 12.5. The smallest absolute Gasteiger partial charge is 0.354 e. The van der Waals surface area contributed by atoms with Gasteiger partial charge in [0.1, 0.15) is 11.8 Å².